The molecule has 0 spiro atoms. The molecule has 1 aromatic heterocycles. The molecule has 0 aliphatic carbocycles. The molecule has 118 valence electrons. The highest BCUT2D eigenvalue weighted by Crippen LogP contribution is 2.39. The molecule has 0 bridgehead atoms. The summed E-state index contributed by atoms with van der Waals surface area (Å²) >= 11 is 12.3. The van der Waals surface area contributed by atoms with E-state index in [9.17, 15) is 0 Å². The predicted octanol–water partition coefficient (Wildman–Crippen LogP) is 5.31. The van der Waals surface area contributed by atoms with Crippen molar-refractivity contribution in [2.24, 2.45) is 0 Å². The summed E-state index contributed by atoms with van der Waals surface area (Å²) in [6, 6.07) is 11.0. The van der Waals surface area contributed by atoms with Crippen LogP contribution in [-0.2, 0) is 9.47 Å². The highest BCUT2D eigenvalue weighted by atomic mass is 35.5. The van der Waals surface area contributed by atoms with Crippen molar-refractivity contribution in [3.63, 3.8) is 0 Å². The number of fused-ring (bicyclic) bond motifs is 1. The molecule has 4 nitrogen and oxygen atoms in total. The van der Waals surface area contributed by atoms with Gasteiger partial charge in [-0.3, -0.25) is 0 Å². The molecule has 0 radical (unpaired) electrons. The standard InChI is InChI=1S/C17H13Cl2NO3/c18-10-1-2-12(17-21-7-8-22-17)15(9-10)23-14-4-3-13(19)16-11(14)5-6-20-16/h1-6,9,17,20H,7-8H2. The molecule has 2 heterocycles. The first-order valence-corrected chi connectivity index (χ1v) is 7.94. The number of hydrogen-bond acceptors (Lipinski definition) is 3. The van der Waals surface area contributed by atoms with Gasteiger partial charge in [-0.1, -0.05) is 23.2 Å². The molecule has 1 aliphatic heterocycles. The fourth-order valence-corrected chi connectivity index (χ4v) is 3.01. The van der Waals surface area contributed by atoms with Crippen molar-refractivity contribution in [2.75, 3.05) is 13.2 Å². The second-order valence-corrected chi connectivity index (χ2v) is 6.01. The number of H-pyrrole nitrogens is 1. The summed E-state index contributed by atoms with van der Waals surface area (Å²) in [5.41, 5.74) is 1.65. The smallest absolute Gasteiger partial charge is 0.187 e. The second-order valence-electron chi connectivity index (χ2n) is 5.17. The Hall–Kier alpha value is -1.72. The highest BCUT2D eigenvalue weighted by molar-refractivity contribution is 6.35. The average Bonchev–Trinajstić information content (AvgIpc) is 3.21. The van der Waals surface area contributed by atoms with E-state index in [1.807, 2.05) is 24.4 Å². The molecular formula is C17H13Cl2NO3. The van der Waals surface area contributed by atoms with E-state index in [2.05, 4.69) is 4.98 Å². The van der Waals surface area contributed by atoms with Gasteiger partial charge in [0, 0.05) is 16.6 Å². The summed E-state index contributed by atoms with van der Waals surface area (Å²) in [6.45, 7) is 1.13. The molecular weight excluding hydrogens is 337 g/mol. The van der Waals surface area contributed by atoms with Crippen LogP contribution in [0.4, 0.5) is 0 Å². The van der Waals surface area contributed by atoms with Crippen molar-refractivity contribution in [3.8, 4) is 11.5 Å². The van der Waals surface area contributed by atoms with Crippen LogP contribution >= 0.6 is 23.2 Å². The van der Waals surface area contributed by atoms with E-state index in [0.717, 1.165) is 16.5 Å². The summed E-state index contributed by atoms with van der Waals surface area (Å²) in [7, 11) is 0. The molecule has 3 aromatic rings. The number of nitrogens with one attached hydrogen (secondary N) is 1. The molecule has 1 aliphatic rings. The molecule has 1 fully saturated rings. The largest absolute Gasteiger partial charge is 0.456 e. The fraction of sp³-hybridized carbons (Fsp3) is 0.176. The van der Waals surface area contributed by atoms with Gasteiger partial charge < -0.3 is 19.2 Å². The van der Waals surface area contributed by atoms with Gasteiger partial charge >= 0.3 is 0 Å². The van der Waals surface area contributed by atoms with Crippen molar-refractivity contribution in [2.45, 2.75) is 6.29 Å². The number of hydrogen-bond donors (Lipinski definition) is 1. The number of halogens is 2. The van der Waals surface area contributed by atoms with Crippen LogP contribution in [0.3, 0.4) is 0 Å². The van der Waals surface area contributed by atoms with E-state index in [4.69, 9.17) is 37.4 Å². The molecule has 1 saturated heterocycles. The van der Waals surface area contributed by atoms with Crippen molar-refractivity contribution < 1.29 is 14.2 Å². The van der Waals surface area contributed by atoms with Gasteiger partial charge in [-0.15, -0.1) is 0 Å². The lowest BCUT2D eigenvalue weighted by Gasteiger charge is -2.16. The van der Waals surface area contributed by atoms with Crippen LogP contribution in [0.25, 0.3) is 10.9 Å². The topological polar surface area (TPSA) is 43.5 Å². The summed E-state index contributed by atoms with van der Waals surface area (Å²) < 4.78 is 17.3. The van der Waals surface area contributed by atoms with Crippen LogP contribution in [0.2, 0.25) is 10.0 Å². The molecule has 1 N–H and O–H groups in total. The van der Waals surface area contributed by atoms with Gasteiger partial charge in [0.1, 0.15) is 11.5 Å². The SMILES string of the molecule is Clc1ccc(C2OCCO2)c(Oc2ccc(Cl)c3[nH]ccc23)c1. The van der Waals surface area contributed by atoms with Gasteiger partial charge in [-0.25, -0.2) is 0 Å². The van der Waals surface area contributed by atoms with Crippen LogP contribution in [-0.4, -0.2) is 18.2 Å². The van der Waals surface area contributed by atoms with Crippen molar-refractivity contribution in [3.05, 3.63) is 58.2 Å². The van der Waals surface area contributed by atoms with E-state index in [-0.39, 0.29) is 0 Å². The monoisotopic (exact) mass is 349 g/mol. The first-order valence-electron chi connectivity index (χ1n) is 7.18. The lowest BCUT2D eigenvalue weighted by molar-refractivity contribution is -0.0452. The molecule has 4 rings (SSSR count). The van der Waals surface area contributed by atoms with Crippen molar-refractivity contribution in [1.29, 1.82) is 0 Å². The summed E-state index contributed by atoms with van der Waals surface area (Å²) in [5, 5.41) is 2.13. The predicted molar refractivity (Wildman–Crippen MR) is 89.5 cm³/mol. The zero-order valence-electron chi connectivity index (χ0n) is 12.0. The summed E-state index contributed by atoms with van der Waals surface area (Å²) in [5.74, 6) is 1.29. The van der Waals surface area contributed by atoms with E-state index < -0.39 is 6.29 Å². The maximum absolute atomic E-state index is 6.19. The van der Waals surface area contributed by atoms with Gasteiger partial charge in [0.15, 0.2) is 6.29 Å². The number of rotatable bonds is 3. The minimum absolute atomic E-state index is 0.434. The molecule has 0 amide bonds. The zero-order chi connectivity index (χ0) is 15.8. The third-order valence-corrected chi connectivity index (χ3v) is 4.25. The van der Waals surface area contributed by atoms with Crippen molar-refractivity contribution in [1.82, 2.24) is 4.98 Å². The third-order valence-electron chi connectivity index (χ3n) is 3.70. The average molecular weight is 350 g/mol. The first-order chi connectivity index (χ1) is 11.2. The quantitative estimate of drug-likeness (QED) is 0.696. The van der Waals surface area contributed by atoms with E-state index in [0.29, 0.717) is 34.8 Å². The Morgan fingerprint density at radius 2 is 1.83 bits per heavy atom. The minimum atomic E-state index is -0.434. The van der Waals surface area contributed by atoms with Gasteiger partial charge in [0.05, 0.1) is 29.3 Å². The lowest BCUT2D eigenvalue weighted by atomic mass is 10.2. The van der Waals surface area contributed by atoms with Gasteiger partial charge in [-0.05, 0) is 36.4 Å². The number of aromatic amines is 1. The van der Waals surface area contributed by atoms with Crippen LogP contribution in [0.1, 0.15) is 11.9 Å². The minimum Gasteiger partial charge on any atom is -0.456 e. The Bertz CT molecular complexity index is 856. The van der Waals surface area contributed by atoms with Gasteiger partial charge in [0.2, 0.25) is 0 Å². The van der Waals surface area contributed by atoms with Gasteiger partial charge in [-0.2, -0.15) is 0 Å². The van der Waals surface area contributed by atoms with Gasteiger partial charge in [0.25, 0.3) is 0 Å². The van der Waals surface area contributed by atoms with Crippen LogP contribution in [0.15, 0.2) is 42.6 Å². The lowest BCUT2D eigenvalue weighted by Crippen LogP contribution is -2.01. The maximum atomic E-state index is 6.19. The highest BCUT2D eigenvalue weighted by Gasteiger charge is 2.23. The Morgan fingerprint density at radius 3 is 2.65 bits per heavy atom. The summed E-state index contributed by atoms with van der Waals surface area (Å²) in [4.78, 5) is 3.11. The number of ether oxygens (including phenoxy) is 3. The Morgan fingerprint density at radius 1 is 1.00 bits per heavy atom. The second kappa shape index (κ2) is 6.06. The first kappa shape index (κ1) is 14.8. The number of aromatic nitrogens is 1. The molecule has 2 aromatic carbocycles. The fourth-order valence-electron chi connectivity index (χ4n) is 2.63. The normalized spacial score (nSPS) is 15.4. The summed E-state index contributed by atoms with van der Waals surface area (Å²) in [6.07, 6.45) is 1.39. The van der Waals surface area contributed by atoms with Crippen molar-refractivity contribution >= 4 is 34.1 Å². The third kappa shape index (κ3) is 2.79. The Balaban J connectivity index is 1.76. The molecule has 0 unspecified atom stereocenters. The molecule has 6 heteroatoms. The zero-order valence-corrected chi connectivity index (χ0v) is 13.5. The Labute approximate surface area is 142 Å². The van der Waals surface area contributed by atoms with Crippen LogP contribution in [0.5, 0.6) is 11.5 Å². The van der Waals surface area contributed by atoms with Crippen LogP contribution < -0.4 is 4.74 Å². The molecule has 0 atom stereocenters. The molecule has 23 heavy (non-hydrogen) atoms. The molecule has 0 saturated carbocycles. The van der Waals surface area contributed by atoms with E-state index in [1.165, 1.54) is 0 Å². The van der Waals surface area contributed by atoms with Crippen LogP contribution in [0, 0.1) is 0 Å². The maximum Gasteiger partial charge on any atom is 0.187 e. The van der Waals surface area contributed by atoms with E-state index in [1.54, 1.807) is 18.2 Å². The number of benzene rings is 2. The van der Waals surface area contributed by atoms with E-state index >= 15 is 0 Å². The Kier molecular flexibility index (Phi) is 3.91.